The van der Waals surface area contributed by atoms with E-state index < -0.39 is 0 Å². The predicted molar refractivity (Wildman–Crippen MR) is 73.1 cm³/mol. The van der Waals surface area contributed by atoms with Crippen LogP contribution in [0.4, 0.5) is 0 Å². The van der Waals surface area contributed by atoms with E-state index in [-0.39, 0.29) is 5.91 Å². The van der Waals surface area contributed by atoms with Gasteiger partial charge in [0.1, 0.15) is 5.69 Å². The SMILES string of the molecule is CCn1nc(C)c(Cl)c1C(=O)NCc1cccnc1. The van der Waals surface area contributed by atoms with Crippen LogP contribution >= 0.6 is 11.6 Å². The average molecular weight is 279 g/mol. The van der Waals surface area contributed by atoms with Crippen molar-refractivity contribution in [2.24, 2.45) is 0 Å². The fourth-order valence-electron chi connectivity index (χ4n) is 1.77. The molecule has 0 aliphatic carbocycles. The monoisotopic (exact) mass is 278 g/mol. The quantitative estimate of drug-likeness (QED) is 0.933. The van der Waals surface area contributed by atoms with Crippen LogP contribution in [0.15, 0.2) is 24.5 Å². The van der Waals surface area contributed by atoms with Crippen molar-refractivity contribution in [1.82, 2.24) is 20.1 Å². The lowest BCUT2D eigenvalue weighted by Crippen LogP contribution is -2.26. The molecule has 2 heterocycles. The van der Waals surface area contributed by atoms with Crippen molar-refractivity contribution in [3.63, 3.8) is 0 Å². The minimum absolute atomic E-state index is 0.226. The Bertz CT molecular complexity index is 580. The molecule has 0 unspecified atom stereocenters. The highest BCUT2D eigenvalue weighted by Crippen LogP contribution is 2.20. The molecule has 0 spiro atoms. The van der Waals surface area contributed by atoms with E-state index in [1.54, 1.807) is 24.0 Å². The Morgan fingerprint density at radius 3 is 2.95 bits per heavy atom. The lowest BCUT2D eigenvalue weighted by atomic mass is 10.2. The van der Waals surface area contributed by atoms with E-state index in [2.05, 4.69) is 15.4 Å². The molecular weight excluding hydrogens is 264 g/mol. The van der Waals surface area contributed by atoms with Gasteiger partial charge in [-0.15, -0.1) is 0 Å². The van der Waals surface area contributed by atoms with Crippen molar-refractivity contribution < 1.29 is 4.79 Å². The van der Waals surface area contributed by atoms with Crippen LogP contribution in [0.2, 0.25) is 5.02 Å². The van der Waals surface area contributed by atoms with Crippen LogP contribution in [0.25, 0.3) is 0 Å². The number of carbonyl (C=O) groups is 1. The number of nitrogens with zero attached hydrogens (tertiary/aromatic N) is 3. The van der Waals surface area contributed by atoms with Crippen molar-refractivity contribution in [2.45, 2.75) is 26.9 Å². The Kier molecular flexibility index (Phi) is 4.16. The van der Waals surface area contributed by atoms with Gasteiger partial charge in [-0.1, -0.05) is 17.7 Å². The largest absolute Gasteiger partial charge is 0.347 e. The van der Waals surface area contributed by atoms with E-state index in [0.717, 1.165) is 5.56 Å². The molecule has 0 fully saturated rings. The molecule has 0 aromatic carbocycles. The smallest absolute Gasteiger partial charge is 0.271 e. The summed E-state index contributed by atoms with van der Waals surface area (Å²) >= 11 is 6.11. The molecular formula is C13H15ClN4O. The fourth-order valence-corrected chi connectivity index (χ4v) is 2.00. The van der Waals surface area contributed by atoms with Gasteiger partial charge >= 0.3 is 0 Å². The van der Waals surface area contributed by atoms with Gasteiger partial charge in [-0.05, 0) is 25.5 Å². The predicted octanol–water partition coefficient (Wildman–Crippen LogP) is 2.19. The molecule has 5 nitrogen and oxygen atoms in total. The van der Waals surface area contributed by atoms with Gasteiger partial charge < -0.3 is 5.32 Å². The Hall–Kier alpha value is -1.88. The zero-order valence-corrected chi connectivity index (χ0v) is 11.6. The summed E-state index contributed by atoms with van der Waals surface area (Å²) in [7, 11) is 0. The molecule has 2 aromatic rings. The number of hydrogen-bond acceptors (Lipinski definition) is 3. The lowest BCUT2D eigenvalue weighted by Gasteiger charge is -2.07. The normalized spacial score (nSPS) is 10.5. The molecule has 2 rings (SSSR count). The molecule has 6 heteroatoms. The van der Waals surface area contributed by atoms with Crippen LogP contribution in [-0.4, -0.2) is 20.7 Å². The third-order valence-corrected chi connectivity index (χ3v) is 3.20. The molecule has 0 saturated carbocycles. The first-order chi connectivity index (χ1) is 9.13. The molecule has 2 aromatic heterocycles. The van der Waals surface area contributed by atoms with Gasteiger partial charge in [0.15, 0.2) is 0 Å². The minimum Gasteiger partial charge on any atom is -0.347 e. The third kappa shape index (κ3) is 2.93. The van der Waals surface area contributed by atoms with E-state index in [0.29, 0.717) is 29.5 Å². The van der Waals surface area contributed by atoms with Crippen LogP contribution in [-0.2, 0) is 13.1 Å². The van der Waals surface area contributed by atoms with E-state index in [4.69, 9.17) is 11.6 Å². The molecule has 1 amide bonds. The Balaban J connectivity index is 2.12. The van der Waals surface area contributed by atoms with Crippen molar-refractivity contribution >= 4 is 17.5 Å². The molecule has 0 bridgehead atoms. The van der Waals surface area contributed by atoms with E-state index >= 15 is 0 Å². The topological polar surface area (TPSA) is 59.8 Å². The first-order valence-corrected chi connectivity index (χ1v) is 6.41. The van der Waals surface area contributed by atoms with E-state index in [1.807, 2.05) is 19.1 Å². The van der Waals surface area contributed by atoms with Gasteiger partial charge in [-0.2, -0.15) is 5.10 Å². The van der Waals surface area contributed by atoms with Gasteiger partial charge in [0.2, 0.25) is 0 Å². The number of carbonyl (C=O) groups excluding carboxylic acids is 1. The first-order valence-electron chi connectivity index (χ1n) is 6.03. The highest BCUT2D eigenvalue weighted by molar-refractivity contribution is 6.34. The Morgan fingerprint density at radius 1 is 1.53 bits per heavy atom. The molecule has 0 saturated heterocycles. The summed E-state index contributed by atoms with van der Waals surface area (Å²) in [6.45, 7) is 4.72. The van der Waals surface area contributed by atoms with Crippen LogP contribution in [0, 0.1) is 6.92 Å². The second kappa shape index (κ2) is 5.84. The highest BCUT2D eigenvalue weighted by atomic mass is 35.5. The average Bonchev–Trinajstić information content (AvgIpc) is 2.73. The molecule has 0 aliphatic heterocycles. The number of aromatic nitrogens is 3. The van der Waals surface area contributed by atoms with Gasteiger partial charge in [0.05, 0.1) is 10.7 Å². The molecule has 19 heavy (non-hydrogen) atoms. The summed E-state index contributed by atoms with van der Waals surface area (Å²) in [6.07, 6.45) is 3.40. The van der Waals surface area contributed by atoms with Gasteiger partial charge in [-0.3, -0.25) is 14.5 Å². The standard InChI is InChI=1S/C13H15ClN4O/c1-3-18-12(11(14)9(2)17-18)13(19)16-8-10-5-4-6-15-7-10/h4-7H,3,8H2,1-2H3,(H,16,19). The minimum atomic E-state index is -0.226. The van der Waals surface area contributed by atoms with Gasteiger partial charge in [0, 0.05) is 25.5 Å². The lowest BCUT2D eigenvalue weighted by molar-refractivity contribution is 0.0940. The number of aryl methyl sites for hydroxylation is 2. The number of rotatable bonds is 4. The maximum absolute atomic E-state index is 12.2. The zero-order chi connectivity index (χ0) is 13.8. The number of halogens is 1. The van der Waals surface area contributed by atoms with Gasteiger partial charge in [0.25, 0.3) is 5.91 Å². The Morgan fingerprint density at radius 2 is 2.32 bits per heavy atom. The van der Waals surface area contributed by atoms with Crippen LogP contribution < -0.4 is 5.32 Å². The maximum Gasteiger partial charge on any atom is 0.271 e. The second-order valence-electron chi connectivity index (χ2n) is 4.11. The summed E-state index contributed by atoms with van der Waals surface area (Å²) in [4.78, 5) is 16.2. The van der Waals surface area contributed by atoms with Crippen LogP contribution in [0.1, 0.15) is 28.7 Å². The Labute approximate surface area is 116 Å². The van der Waals surface area contributed by atoms with Crippen LogP contribution in [0.3, 0.4) is 0 Å². The summed E-state index contributed by atoms with van der Waals surface area (Å²) in [5.41, 5.74) is 2.01. The summed E-state index contributed by atoms with van der Waals surface area (Å²) in [5.74, 6) is -0.226. The molecule has 0 radical (unpaired) electrons. The summed E-state index contributed by atoms with van der Waals surface area (Å²) < 4.78 is 1.61. The number of amides is 1. The molecule has 0 atom stereocenters. The number of hydrogen-bond donors (Lipinski definition) is 1. The van der Waals surface area contributed by atoms with Crippen molar-refractivity contribution in [3.05, 3.63) is 46.5 Å². The number of nitrogens with one attached hydrogen (secondary N) is 1. The van der Waals surface area contributed by atoms with Crippen molar-refractivity contribution in [2.75, 3.05) is 0 Å². The maximum atomic E-state index is 12.2. The molecule has 1 N–H and O–H groups in total. The molecule has 100 valence electrons. The van der Waals surface area contributed by atoms with Crippen molar-refractivity contribution in [3.8, 4) is 0 Å². The summed E-state index contributed by atoms with van der Waals surface area (Å²) in [6, 6.07) is 3.73. The zero-order valence-electron chi connectivity index (χ0n) is 10.9. The van der Waals surface area contributed by atoms with E-state index in [1.165, 1.54) is 0 Å². The van der Waals surface area contributed by atoms with Gasteiger partial charge in [-0.25, -0.2) is 0 Å². The van der Waals surface area contributed by atoms with Crippen molar-refractivity contribution in [1.29, 1.82) is 0 Å². The molecule has 0 aliphatic rings. The first kappa shape index (κ1) is 13.5. The number of pyridine rings is 1. The van der Waals surface area contributed by atoms with Crippen LogP contribution in [0.5, 0.6) is 0 Å². The highest BCUT2D eigenvalue weighted by Gasteiger charge is 2.19. The second-order valence-corrected chi connectivity index (χ2v) is 4.49. The summed E-state index contributed by atoms with van der Waals surface area (Å²) in [5, 5.41) is 7.44. The van der Waals surface area contributed by atoms with E-state index in [9.17, 15) is 4.79 Å². The fraction of sp³-hybridized carbons (Fsp3) is 0.308. The third-order valence-electron chi connectivity index (χ3n) is 2.74.